The number of benzene rings is 2. The lowest BCUT2D eigenvalue weighted by Crippen LogP contribution is -2.57. The molecule has 4 N–H and O–H groups in total. The summed E-state index contributed by atoms with van der Waals surface area (Å²) in [5, 5.41) is 18.5. The quantitative estimate of drug-likeness (QED) is 0.404. The molecule has 4 bridgehead atoms. The predicted molar refractivity (Wildman–Crippen MR) is 204 cm³/mol. The van der Waals surface area contributed by atoms with E-state index in [1.54, 1.807) is 14.7 Å². The number of nitriles is 2. The molecule has 14 heteroatoms. The lowest BCUT2D eigenvalue weighted by atomic mass is 9.81. The molecule has 6 saturated heterocycles. The van der Waals surface area contributed by atoms with Gasteiger partial charge < -0.3 is 31.1 Å². The van der Waals surface area contributed by atoms with E-state index in [-0.39, 0.29) is 72.0 Å². The van der Waals surface area contributed by atoms with E-state index >= 15 is 0 Å². The second-order valence-electron chi connectivity index (χ2n) is 17.1. The minimum atomic E-state index is -0.707. The fraction of sp³-hybridized carbons (Fsp3) is 0.571. The van der Waals surface area contributed by atoms with Gasteiger partial charge in [0.05, 0.1) is 42.3 Å². The molecule has 1 saturated carbocycles. The van der Waals surface area contributed by atoms with Gasteiger partial charge in [-0.25, -0.2) is 0 Å². The Bertz CT molecular complexity index is 1980. The zero-order valence-electron chi connectivity index (χ0n) is 31.8. The molecule has 56 heavy (non-hydrogen) atoms. The van der Waals surface area contributed by atoms with E-state index in [9.17, 15) is 24.4 Å². The summed E-state index contributed by atoms with van der Waals surface area (Å²) in [6, 6.07) is 19.4. The normalized spacial score (nSPS) is 32.4. The van der Waals surface area contributed by atoms with Gasteiger partial charge in [-0.2, -0.15) is 10.5 Å². The second-order valence-corrected chi connectivity index (χ2v) is 17.1. The van der Waals surface area contributed by atoms with Crippen LogP contribution in [0.1, 0.15) is 66.8 Å². The number of likely N-dealkylation sites (N-methyl/N-ethyl adjacent to an activating group) is 1. The van der Waals surface area contributed by atoms with Gasteiger partial charge in [0, 0.05) is 57.9 Å². The summed E-state index contributed by atoms with van der Waals surface area (Å²) >= 11 is 0. The molecule has 0 spiro atoms. The van der Waals surface area contributed by atoms with E-state index in [0.717, 1.165) is 58.0 Å². The molecule has 7 fully saturated rings. The first kappa shape index (κ1) is 36.8. The largest absolute Gasteiger partial charge is 0.340 e. The van der Waals surface area contributed by atoms with Crippen LogP contribution in [0.2, 0.25) is 0 Å². The molecule has 10 atom stereocenters. The van der Waals surface area contributed by atoms with Gasteiger partial charge >= 0.3 is 0 Å². The van der Waals surface area contributed by atoms with Crippen LogP contribution in [-0.4, -0.2) is 147 Å². The van der Waals surface area contributed by atoms with Crippen molar-refractivity contribution in [2.24, 2.45) is 17.4 Å². The SMILES string of the molecule is CN1C(=O)[C@@H]2CC1CN2C[C@H](N)C(=O)N1CCC[C@H]1C#N.N#C[C@@H]1C[C@@H]2C[C@@H]2N1C(=O)[C@@H](N)CN1CC2C[C@H]1C(=O)N2C1c2ccccc2Cc2ccccc21. The van der Waals surface area contributed by atoms with Gasteiger partial charge in [0.1, 0.15) is 12.1 Å². The van der Waals surface area contributed by atoms with E-state index in [0.29, 0.717) is 25.6 Å². The Kier molecular flexibility index (Phi) is 9.36. The van der Waals surface area contributed by atoms with Gasteiger partial charge in [0.15, 0.2) is 0 Å². The van der Waals surface area contributed by atoms with E-state index in [4.69, 9.17) is 16.7 Å². The Morgan fingerprint density at radius 3 is 1.98 bits per heavy atom. The highest BCUT2D eigenvalue weighted by atomic mass is 16.2. The first-order valence-corrected chi connectivity index (χ1v) is 20.2. The summed E-state index contributed by atoms with van der Waals surface area (Å²) in [5.41, 5.74) is 17.4. The fourth-order valence-corrected chi connectivity index (χ4v) is 11.0. The first-order chi connectivity index (χ1) is 27.1. The van der Waals surface area contributed by atoms with Crippen molar-refractivity contribution < 1.29 is 19.2 Å². The number of nitrogens with zero attached hydrogens (tertiary/aromatic N) is 8. The van der Waals surface area contributed by atoms with E-state index in [1.165, 1.54) is 22.3 Å². The van der Waals surface area contributed by atoms with Crippen LogP contribution in [-0.2, 0) is 25.6 Å². The lowest BCUT2D eigenvalue weighted by Gasteiger charge is -2.42. The summed E-state index contributed by atoms with van der Waals surface area (Å²) in [4.78, 5) is 62.6. The third-order valence-electron chi connectivity index (χ3n) is 13.9. The summed E-state index contributed by atoms with van der Waals surface area (Å²) in [5.74, 6) is 0.430. The zero-order chi connectivity index (χ0) is 39.0. The molecular formula is C42H50N10O4. The molecule has 292 valence electrons. The number of carbonyl (C=O) groups excluding carboxylic acids is 4. The smallest absolute Gasteiger partial charge is 0.242 e. The van der Waals surface area contributed by atoms with Crippen LogP contribution in [0.4, 0.5) is 0 Å². The number of likely N-dealkylation sites (tertiary alicyclic amines) is 6. The number of fused-ring (bicyclic) bond motifs is 7. The average molecular weight is 759 g/mol. The van der Waals surface area contributed by atoms with Crippen LogP contribution in [0.5, 0.6) is 0 Å². The highest BCUT2D eigenvalue weighted by Crippen LogP contribution is 2.48. The van der Waals surface area contributed by atoms with Gasteiger partial charge in [-0.3, -0.25) is 29.0 Å². The van der Waals surface area contributed by atoms with Crippen molar-refractivity contribution in [2.45, 2.75) is 105 Å². The third-order valence-corrected chi connectivity index (χ3v) is 13.9. The number of hydrogen-bond donors (Lipinski definition) is 2. The van der Waals surface area contributed by atoms with Crippen LogP contribution in [0, 0.1) is 28.6 Å². The topological polar surface area (TPSA) is 187 Å². The standard InChI is InChI=1S/C28H29N5O2.C14H21N5O2/c29-13-19-10-18-11-24(18)32(19)27(34)23(30)15-31-14-20-12-25(31)28(35)33(20)26-21-7-3-1-5-16(21)9-17-6-2-4-8-22(17)26;1-17-10-5-12(14(17)21)18(7-10)8-11(16)13(20)19-4-2-3-9(19)6-15/h1-8,18-20,23-26H,9-12,14-15,30H2;9-12H,2-5,7-8,16H2,1H3/t18-,19+,20?,23+,24+,25+;9-,10?,11-,12-/m10/s1. The minimum absolute atomic E-state index is 0.0658. The number of amides is 4. The molecular weight excluding hydrogens is 709 g/mol. The summed E-state index contributed by atoms with van der Waals surface area (Å²) in [6.07, 6.45) is 5.84. The molecule has 0 radical (unpaired) electrons. The highest BCUT2D eigenvalue weighted by Gasteiger charge is 2.57. The number of nitrogens with two attached hydrogens (primary N) is 2. The first-order valence-electron chi connectivity index (χ1n) is 20.2. The van der Waals surface area contributed by atoms with Gasteiger partial charge in [-0.15, -0.1) is 0 Å². The van der Waals surface area contributed by atoms with Crippen molar-refractivity contribution in [1.29, 1.82) is 10.5 Å². The molecule has 0 aromatic heterocycles. The molecule has 6 aliphatic heterocycles. The van der Waals surface area contributed by atoms with Gasteiger partial charge in [-0.05, 0) is 73.1 Å². The molecule has 2 aromatic rings. The maximum atomic E-state index is 13.8. The molecule has 6 heterocycles. The molecule has 14 nitrogen and oxygen atoms in total. The number of carbonyl (C=O) groups is 4. The Hall–Kier alpha value is -4.86. The van der Waals surface area contributed by atoms with E-state index in [1.807, 2.05) is 11.9 Å². The molecule has 2 aliphatic carbocycles. The number of hydrogen-bond acceptors (Lipinski definition) is 10. The van der Waals surface area contributed by atoms with Crippen LogP contribution in [0.15, 0.2) is 48.5 Å². The Balaban J connectivity index is 0.000000167. The van der Waals surface area contributed by atoms with Gasteiger partial charge in [-0.1, -0.05) is 48.5 Å². The summed E-state index contributed by atoms with van der Waals surface area (Å²) in [7, 11) is 1.83. The van der Waals surface area contributed by atoms with Crippen LogP contribution < -0.4 is 11.5 Å². The number of rotatable bonds is 7. The van der Waals surface area contributed by atoms with Crippen molar-refractivity contribution in [3.8, 4) is 12.1 Å². The summed E-state index contributed by atoms with van der Waals surface area (Å²) < 4.78 is 0. The third kappa shape index (κ3) is 6.06. The van der Waals surface area contributed by atoms with Gasteiger partial charge in [0.25, 0.3) is 0 Å². The lowest BCUT2D eigenvalue weighted by molar-refractivity contribution is -0.140. The van der Waals surface area contributed by atoms with Gasteiger partial charge in [0.2, 0.25) is 23.6 Å². The number of piperidine rings is 1. The predicted octanol–water partition coefficient (Wildman–Crippen LogP) is 0.549. The maximum absolute atomic E-state index is 13.8. The molecule has 2 aromatic carbocycles. The molecule has 10 rings (SSSR count). The van der Waals surface area contributed by atoms with Crippen LogP contribution >= 0.6 is 0 Å². The average Bonchev–Trinajstić information content (AvgIpc) is 3.83. The summed E-state index contributed by atoms with van der Waals surface area (Å²) in [6.45, 7) is 2.89. The van der Waals surface area contributed by atoms with Crippen LogP contribution in [0.25, 0.3) is 0 Å². The highest BCUT2D eigenvalue weighted by molar-refractivity contribution is 5.88. The maximum Gasteiger partial charge on any atom is 0.242 e. The van der Waals surface area contributed by atoms with E-state index in [2.05, 4.69) is 70.5 Å². The Labute approximate surface area is 327 Å². The fourth-order valence-electron chi connectivity index (χ4n) is 11.0. The minimum Gasteiger partial charge on any atom is -0.340 e. The van der Waals surface area contributed by atoms with Crippen molar-refractivity contribution in [2.75, 3.05) is 39.8 Å². The Morgan fingerprint density at radius 1 is 0.786 bits per heavy atom. The van der Waals surface area contributed by atoms with Crippen molar-refractivity contribution in [3.05, 3.63) is 70.8 Å². The van der Waals surface area contributed by atoms with Crippen molar-refractivity contribution in [3.63, 3.8) is 0 Å². The second kappa shape index (κ2) is 14.3. The van der Waals surface area contributed by atoms with Crippen molar-refractivity contribution >= 4 is 23.6 Å². The van der Waals surface area contributed by atoms with Crippen LogP contribution in [0.3, 0.4) is 0 Å². The molecule has 4 amide bonds. The monoisotopic (exact) mass is 758 g/mol. The molecule has 2 unspecified atom stereocenters. The van der Waals surface area contributed by atoms with Crippen molar-refractivity contribution in [1.82, 2.24) is 29.4 Å². The Morgan fingerprint density at radius 2 is 1.38 bits per heavy atom. The zero-order valence-corrected chi connectivity index (χ0v) is 31.8. The van der Waals surface area contributed by atoms with E-state index < -0.39 is 12.1 Å². The molecule has 8 aliphatic rings. The number of piperazine rings is 2.